The highest BCUT2D eigenvalue weighted by molar-refractivity contribution is 7.89. The quantitative estimate of drug-likeness (QED) is 0.655. The molecular weight excluding hydrogens is 414 g/mol. The molecule has 0 atom stereocenters. The van der Waals surface area contributed by atoms with E-state index in [0.29, 0.717) is 46.5 Å². The third-order valence-electron chi connectivity index (χ3n) is 4.71. The second-order valence-electron chi connectivity index (χ2n) is 6.56. The Labute approximate surface area is 171 Å². The van der Waals surface area contributed by atoms with Gasteiger partial charge >= 0.3 is 0 Å². The zero-order valence-electron chi connectivity index (χ0n) is 16.0. The second kappa shape index (κ2) is 7.29. The Kier molecular flexibility index (Phi) is 4.93. The first-order valence-corrected chi connectivity index (χ1v) is 11.1. The van der Waals surface area contributed by atoms with Crippen molar-refractivity contribution in [2.45, 2.75) is 18.7 Å². The Hall–Kier alpha value is -2.69. The van der Waals surface area contributed by atoms with Gasteiger partial charge < -0.3 is 9.47 Å². The number of nitrogens with one attached hydrogen (secondary N) is 2. The first-order valence-electron chi connectivity index (χ1n) is 8.85. The second-order valence-corrected chi connectivity index (χ2v) is 9.45. The molecule has 2 heterocycles. The third kappa shape index (κ3) is 3.66. The van der Waals surface area contributed by atoms with Crippen LogP contribution >= 0.6 is 11.3 Å². The van der Waals surface area contributed by atoms with Crippen LogP contribution in [0.1, 0.15) is 21.5 Å². The SMILES string of the molecule is CNS(=O)(=O)c1cc(C(=O)Nc2nc3cc4c(cc3s2)OCCO4)cc(C)c1C. The summed E-state index contributed by atoms with van der Waals surface area (Å²) < 4.78 is 38.8. The first-order chi connectivity index (χ1) is 13.8. The summed E-state index contributed by atoms with van der Waals surface area (Å²) in [6, 6.07) is 6.65. The number of carbonyl (C=O) groups is 1. The maximum absolute atomic E-state index is 12.8. The van der Waals surface area contributed by atoms with Crippen molar-refractivity contribution >= 4 is 42.6 Å². The minimum atomic E-state index is -3.68. The van der Waals surface area contributed by atoms with Crippen LogP contribution < -0.4 is 19.5 Å². The normalized spacial score (nSPS) is 13.5. The fraction of sp³-hybridized carbons (Fsp3) is 0.263. The van der Waals surface area contributed by atoms with Gasteiger partial charge in [0.2, 0.25) is 10.0 Å². The van der Waals surface area contributed by atoms with Gasteiger partial charge in [-0.1, -0.05) is 11.3 Å². The molecule has 1 aromatic heterocycles. The lowest BCUT2D eigenvalue weighted by molar-refractivity contribution is 0.102. The molecule has 8 nitrogen and oxygen atoms in total. The van der Waals surface area contributed by atoms with E-state index in [9.17, 15) is 13.2 Å². The zero-order valence-corrected chi connectivity index (χ0v) is 17.7. The molecule has 0 saturated heterocycles. The van der Waals surface area contributed by atoms with E-state index in [1.807, 2.05) is 6.07 Å². The van der Waals surface area contributed by atoms with Crippen molar-refractivity contribution in [2.75, 3.05) is 25.6 Å². The standard InChI is InChI=1S/C19H19N3O5S2/c1-10-6-12(7-17(11(10)2)29(24,25)20-3)18(23)22-19-21-13-8-14-15(9-16(13)28-19)27-5-4-26-14/h6-9,20H,4-5H2,1-3H3,(H,21,22,23). The number of nitrogens with zero attached hydrogens (tertiary/aromatic N) is 1. The van der Waals surface area contributed by atoms with Crippen LogP contribution in [0.4, 0.5) is 5.13 Å². The van der Waals surface area contributed by atoms with Gasteiger partial charge in [-0.3, -0.25) is 10.1 Å². The van der Waals surface area contributed by atoms with E-state index in [1.54, 1.807) is 26.0 Å². The number of rotatable bonds is 4. The summed E-state index contributed by atoms with van der Waals surface area (Å²) in [4.78, 5) is 17.3. The molecule has 0 radical (unpaired) electrons. The molecule has 29 heavy (non-hydrogen) atoms. The predicted molar refractivity (Wildman–Crippen MR) is 111 cm³/mol. The van der Waals surface area contributed by atoms with Gasteiger partial charge in [0.05, 0.1) is 15.1 Å². The largest absolute Gasteiger partial charge is 0.486 e. The van der Waals surface area contributed by atoms with Gasteiger partial charge in [0.15, 0.2) is 16.6 Å². The summed E-state index contributed by atoms with van der Waals surface area (Å²) in [6.45, 7) is 4.45. The number of fused-ring (bicyclic) bond motifs is 2. The van der Waals surface area contributed by atoms with Gasteiger partial charge in [0.1, 0.15) is 13.2 Å². The summed E-state index contributed by atoms with van der Waals surface area (Å²) in [6.07, 6.45) is 0. The topological polar surface area (TPSA) is 107 Å². The lowest BCUT2D eigenvalue weighted by Gasteiger charge is -2.17. The van der Waals surface area contributed by atoms with Crippen LogP contribution in [0, 0.1) is 13.8 Å². The summed E-state index contributed by atoms with van der Waals surface area (Å²) in [7, 11) is -2.34. The Morgan fingerprint density at radius 2 is 1.79 bits per heavy atom. The predicted octanol–water partition coefficient (Wildman–Crippen LogP) is 2.84. The van der Waals surface area contributed by atoms with Gasteiger partial charge in [-0.15, -0.1) is 0 Å². The highest BCUT2D eigenvalue weighted by Gasteiger charge is 2.21. The summed E-state index contributed by atoms with van der Waals surface area (Å²) in [5, 5.41) is 3.16. The lowest BCUT2D eigenvalue weighted by atomic mass is 10.1. The number of sulfonamides is 1. The fourth-order valence-corrected chi connectivity index (χ4v) is 4.97. The van der Waals surface area contributed by atoms with Crippen LogP contribution in [0.5, 0.6) is 11.5 Å². The maximum Gasteiger partial charge on any atom is 0.257 e. The summed E-state index contributed by atoms with van der Waals surface area (Å²) >= 11 is 1.31. The number of anilines is 1. The van der Waals surface area contributed by atoms with E-state index in [2.05, 4.69) is 15.0 Å². The van der Waals surface area contributed by atoms with Crippen LogP contribution in [0.15, 0.2) is 29.2 Å². The van der Waals surface area contributed by atoms with Crippen LogP contribution in [0.3, 0.4) is 0 Å². The van der Waals surface area contributed by atoms with Crippen LogP contribution in [0.25, 0.3) is 10.2 Å². The molecule has 0 saturated carbocycles. The highest BCUT2D eigenvalue weighted by Crippen LogP contribution is 2.38. The number of thiazole rings is 1. The molecular formula is C19H19N3O5S2. The Balaban J connectivity index is 1.66. The van der Waals surface area contributed by atoms with E-state index < -0.39 is 15.9 Å². The fourth-order valence-electron chi connectivity index (χ4n) is 3.03. The molecule has 1 amide bonds. The molecule has 0 fully saturated rings. The van der Waals surface area contributed by atoms with Crippen LogP contribution in [-0.4, -0.2) is 39.6 Å². The lowest BCUT2D eigenvalue weighted by Crippen LogP contribution is -2.21. The molecule has 0 aliphatic carbocycles. The number of benzene rings is 2. The summed E-state index contributed by atoms with van der Waals surface area (Å²) in [5.41, 5.74) is 2.24. The molecule has 0 spiro atoms. The molecule has 2 aromatic carbocycles. The van der Waals surface area contributed by atoms with Crippen molar-refractivity contribution in [3.8, 4) is 11.5 Å². The maximum atomic E-state index is 12.8. The number of hydrogen-bond acceptors (Lipinski definition) is 7. The molecule has 10 heteroatoms. The number of carbonyl (C=O) groups excluding carboxylic acids is 1. The molecule has 0 unspecified atom stereocenters. The van der Waals surface area contributed by atoms with Gasteiger partial charge in [0, 0.05) is 17.7 Å². The molecule has 1 aliphatic rings. The van der Waals surface area contributed by atoms with Crippen LogP contribution in [0.2, 0.25) is 0 Å². The van der Waals surface area contributed by atoms with Crippen molar-refractivity contribution in [3.63, 3.8) is 0 Å². The highest BCUT2D eigenvalue weighted by atomic mass is 32.2. The smallest absolute Gasteiger partial charge is 0.257 e. The number of aryl methyl sites for hydroxylation is 1. The Bertz CT molecular complexity index is 1190. The molecule has 4 rings (SSSR count). The van der Waals surface area contributed by atoms with Crippen molar-refractivity contribution in [2.24, 2.45) is 0 Å². The molecule has 152 valence electrons. The number of ether oxygens (including phenoxy) is 2. The first kappa shape index (κ1) is 19.6. The average Bonchev–Trinajstić information content (AvgIpc) is 3.08. The van der Waals surface area contributed by atoms with E-state index in [-0.39, 0.29) is 10.5 Å². The van der Waals surface area contributed by atoms with E-state index in [0.717, 1.165) is 4.70 Å². The van der Waals surface area contributed by atoms with Gasteiger partial charge in [-0.05, 0) is 44.2 Å². The van der Waals surface area contributed by atoms with Crippen molar-refractivity contribution in [1.82, 2.24) is 9.71 Å². The summed E-state index contributed by atoms with van der Waals surface area (Å²) in [5.74, 6) is 0.848. The zero-order chi connectivity index (χ0) is 20.8. The van der Waals surface area contributed by atoms with Crippen molar-refractivity contribution in [1.29, 1.82) is 0 Å². The van der Waals surface area contributed by atoms with E-state index in [1.165, 1.54) is 24.5 Å². The van der Waals surface area contributed by atoms with Gasteiger partial charge in [-0.2, -0.15) is 0 Å². The number of aromatic nitrogens is 1. The molecule has 3 aromatic rings. The average molecular weight is 434 g/mol. The van der Waals surface area contributed by atoms with E-state index in [4.69, 9.17) is 9.47 Å². The number of amides is 1. The Morgan fingerprint density at radius 3 is 2.48 bits per heavy atom. The molecule has 0 bridgehead atoms. The minimum absolute atomic E-state index is 0.0800. The van der Waals surface area contributed by atoms with Crippen molar-refractivity contribution in [3.05, 3.63) is 41.0 Å². The van der Waals surface area contributed by atoms with Crippen LogP contribution in [-0.2, 0) is 10.0 Å². The minimum Gasteiger partial charge on any atom is -0.486 e. The van der Waals surface area contributed by atoms with Gasteiger partial charge in [-0.25, -0.2) is 18.1 Å². The van der Waals surface area contributed by atoms with E-state index >= 15 is 0 Å². The third-order valence-corrected chi connectivity index (χ3v) is 7.19. The molecule has 1 aliphatic heterocycles. The monoisotopic (exact) mass is 433 g/mol. The number of hydrogen-bond donors (Lipinski definition) is 2. The Morgan fingerprint density at radius 1 is 1.10 bits per heavy atom. The van der Waals surface area contributed by atoms with Gasteiger partial charge in [0.25, 0.3) is 5.91 Å². The molecule has 2 N–H and O–H groups in total. The van der Waals surface area contributed by atoms with Crippen molar-refractivity contribution < 1.29 is 22.7 Å².